The monoisotopic (exact) mass is 416 g/mol. The van der Waals surface area contributed by atoms with Gasteiger partial charge in [-0.15, -0.1) is 0 Å². The topological polar surface area (TPSA) is 57.3 Å². The van der Waals surface area contributed by atoms with E-state index in [9.17, 15) is 4.79 Å². The molecule has 1 atom stereocenters. The standard InChI is InChI=1S/C26H32N4O/c1-18-10-7-8-12-21(18)22-16-20(30(5)6)13-14-23(22)28-25(31)29-24(26(2,3)4)19-11-9-15-27-17-19/h7-17,24H,1-6H3,(H2,28,29,31). The number of aryl methyl sites for hydroxylation is 1. The molecule has 1 aromatic heterocycles. The normalized spacial score (nSPS) is 12.2. The van der Waals surface area contributed by atoms with Crippen LogP contribution in [0.3, 0.4) is 0 Å². The van der Waals surface area contributed by atoms with E-state index >= 15 is 0 Å². The second-order valence-electron chi connectivity index (χ2n) is 9.12. The van der Waals surface area contributed by atoms with Gasteiger partial charge in [0, 0.05) is 37.7 Å². The third-order valence-electron chi connectivity index (χ3n) is 5.36. The van der Waals surface area contributed by atoms with Crippen molar-refractivity contribution in [3.63, 3.8) is 0 Å². The van der Waals surface area contributed by atoms with Gasteiger partial charge in [0.1, 0.15) is 0 Å². The summed E-state index contributed by atoms with van der Waals surface area (Å²) in [5.41, 5.74) is 5.91. The molecule has 0 aliphatic rings. The van der Waals surface area contributed by atoms with Crippen molar-refractivity contribution in [1.82, 2.24) is 10.3 Å². The fourth-order valence-corrected chi connectivity index (χ4v) is 3.65. The number of urea groups is 1. The Bertz CT molecular complexity index is 1040. The number of nitrogens with zero attached hydrogens (tertiary/aromatic N) is 2. The molecule has 0 bridgehead atoms. The highest BCUT2D eigenvalue weighted by Gasteiger charge is 2.28. The zero-order chi connectivity index (χ0) is 22.6. The summed E-state index contributed by atoms with van der Waals surface area (Å²) in [6.07, 6.45) is 3.55. The van der Waals surface area contributed by atoms with Gasteiger partial charge in [0.05, 0.1) is 11.7 Å². The van der Waals surface area contributed by atoms with Gasteiger partial charge in [0.15, 0.2) is 0 Å². The maximum Gasteiger partial charge on any atom is 0.319 e. The number of nitrogens with one attached hydrogen (secondary N) is 2. The number of pyridine rings is 1. The molecule has 0 fully saturated rings. The largest absolute Gasteiger partial charge is 0.378 e. The second kappa shape index (κ2) is 9.21. The second-order valence-corrected chi connectivity index (χ2v) is 9.12. The van der Waals surface area contributed by atoms with Gasteiger partial charge in [0.25, 0.3) is 0 Å². The first-order valence-electron chi connectivity index (χ1n) is 10.5. The van der Waals surface area contributed by atoms with E-state index in [0.29, 0.717) is 0 Å². The Morgan fingerprint density at radius 2 is 1.74 bits per heavy atom. The maximum absolute atomic E-state index is 13.1. The van der Waals surface area contributed by atoms with Crippen molar-refractivity contribution >= 4 is 17.4 Å². The van der Waals surface area contributed by atoms with Crippen molar-refractivity contribution in [2.24, 2.45) is 5.41 Å². The Kier molecular flexibility index (Phi) is 6.64. The van der Waals surface area contributed by atoms with E-state index in [1.807, 2.05) is 50.5 Å². The molecule has 2 aromatic carbocycles. The number of hydrogen-bond acceptors (Lipinski definition) is 3. The number of anilines is 2. The van der Waals surface area contributed by atoms with E-state index in [1.54, 1.807) is 12.4 Å². The van der Waals surface area contributed by atoms with Crippen LogP contribution in [-0.2, 0) is 0 Å². The lowest BCUT2D eigenvalue weighted by atomic mass is 9.83. The van der Waals surface area contributed by atoms with Crippen LogP contribution in [0.1, 0.15) is 37.9 Å². The number of carbonyl (C=O) groups excluding carboxylic acids is 1. The van der Waals surface area contributed by atoms with E-state index < -0.39 is 0 Å². The molecule has 5 heteroatoms. The molecule has 0 spiro atoms. The first-order valence-corrected chi connectivity index (χ1v) is 10.5. The Labute approximate surface area is 185 Å². The molecule has 0 saturated carbocycles. The SMILES string of the molecule is Cc1ccccc1-c1cc(N(C)C)ccc1NC(=O)NC(c1cccnc1)C(C)(C)C. The van der Waals surface area contributed by atoms with E-state index in [-0.39, 0.29) is 17.5 Å². The van der Waals surface area contributed by atoms with Gasteiger partial charge in [-0.3, -0.25) is 4.98 Å². The van der Waals surface area contributed by atoms with Crippen molar-refractivity contribution < 1.29 is 4.79 Å². The Morgan fingerprint density at radius 1 is 1.00 bits per heavy atom. The minimum Gasteiger partial charge on any atom is -0.378 e. The van der Waals surface area contributed by atoms with E-state index in [0.717, 1.165) is 33.6 Å². The minimum atomic E-state index is -0.240. The molecule has 1 unspecified atom stereocenters. The quantitative estimate of drug-likeness (QED) is 0.534. The molecule has 0 saturated heterocycles. The van der Waals surface area contributed by atoms with Crippen LogP contribution < -0.4 is 15.5 Å². The minimum absolute atomic E-state index is 0.173. The Morgan fingerprint density at radius 3 is 2.35 bits per heavy atom. The van der Waals surface area contributed by atoms with E-state index in [2.05, 4.69) is 66.4 Å². The van der Waals surface area contributed by atoms with Crippen molar-refractivity contribution in [2.75, 3.05) is 24.3 Å². The summed E-state index contributed by atoms with van der Waals surface area (Å²) in [6.45, 7) is 8.40. The van der Waals surface area contributed by atoms with E-state index in [4.69, 9.17) is 0 Å². The van der Waals surface area contributed by atoms with Gasteiger partial charge in [-0.2, -0.15) is 0 Å². The third kappa shape index (κ3) is 5.43. The molecule has 2 N–H and O–H groups in total. The smallest absolute Gasteiger partial charge is 0.319 e. The summed E-state index contributed by atoms with van der Waals surface area (Å²) >= 11 is 0. The van der Waals surface area contributed by atoms with Crippen LogP contribution in [0, 0.1) is 12.3 Å². The number of amides is 2. The van der Waals surface area contributed by atoms with Gasteiger partial charge in [0.2, 0.25) is 0 Å². The third-order valence-corrected chi connectivity index (χ3v) is 5.36. The predicted octanol–water partition coefficient (Wildman–Crippen LogP) is 6.03. The first kappa shape index (κ1) is 22.3. The Hall–Kier alpha value is -3.34. The molecular weight excluding hydrogens is 384 g/mol. The molecule has 2 amide bonds. The molecule has 0 aliphatic heterocycles. The number of carbonyl (C=O) groups is 1. The average molecular weight is 417 g/mol. The molecule has 31 heavy (non-hydrogen) atoms. The summed E-state index contributed by atoms with van der Waals surface area (Å²) in [7, 11) is 4.02. The fourth-order valence-electron chi connectivity index (χ4n) is 3.65. The molecule has 3 aromatic rings. The number of rotatable bonds is 5. The van der Waals surface area contributed by atoms with Crippen LogP contribution in [-0.4, -0.2) is 25.1 Å². The number of benzene rings is 2. The van der Waals surface area contributed by atoms with E-state index in [1.165, 1.54) is 0 Å². The average Bonchev–Trinajstić information content (AvgIpc) is 2.72. The number of aromatic nitrogens is 1. The van der Waals surface area contributed by atoms with Crippen molar-refractivity contribution in [3.05, 3.63) is 78.1 Å². The zero-order valence-corrected chi connectivity index (χ0v) is 19.2. The van der Waals surface area contributed by atoms with Crippen LogP contribution in [0.5, 0.6) is 0 Å². The highest BCUT2D eigenvalue weighted by molar-refractivity contribution is 5.96. The molecule has 3 rings (SSSR count). The van der Waals surface area contributed by atoms with Crippen molar-refractivity contribution in [3.8, 4) is 11.1 Å². The molecule has 1 heterocycles. The Balaban J connectivity index is 1.93. The maximum atomic E-state index is 13.1. The lowest BCUT2D eigenvalue weighted by molar-refractivity contribution is 0.229. The first-order chi connectivity index (χ1) is 14.7. The van der Waals surface area contributed by atoms with Crippen LogP contribution in [0.2, 0.25) is 0 Å². The molecular formula is C26H32N4O. The summed E-state index contributed by atoms with van der Waals surface area (Å²) in [4.78, 5) is 19.4. The van der Waals surface area contributed by atoms with Crippen molar-refractivity contribution in [1.29, 1.82) is 0 Å². The van der Waals surface area contributed by atoms with Crippen LogP contribution >= 0.6 is 0 Å². The van der Waals surface area contributed by atoms with Gasteiger partial charge in [-0.05, 0) is 53.3 Å². The van der Waals surface area contributed by atoms with Gasteiger partial charge >= 0.3 is 6.03 Å². The molecule has 162 valence electrons. The summed E-state index contributed by atoms with van der Waals surface area (Å²) in [5.74, 6) is 0. The molecule has 5 nitrogen and oxygen atoms in total. The van der Waals surface area contributed by atoms with Gasteiger partial charge in [-0.1, -0.05) is 51.1 Å². The summed E-state index contributed by atoms with van der Waals surface area (Å²) in [6, 6.07) is 17.8. The van der Waals surface area contributed by atoms with Gasteiger partial charge < -0.3 is 15.5 Å². The number of hydrogen-bond donors (Lipinski definition) is 2. The zero-order valence-electron chi connectivity index (χ0n) is 19.2. The van der Waals surface area contributed by atoms with Gasteiger partial charge in [-0.25, -0.2) is 4.79 Å². The molecule has 0 aliphatic carbocycles. The highest BCUT2D eigenvalue weighted by atomic mass is 16.2. The summed E-state index contributed by atoms with van der Waals surface area (Å²) in [5, 5.41) is 6.24. The molecule has 0 radical (unpaired) electrons. The summed E-state index contributed by atoms with van der Waals surface area (Å²) < 4.78 is 0. The van der Waals surface area contributed by atoms with Crippen LogP contribution in [0.15, 0.2) is 67.0 Å². The van der Waals surface area contributed by atoms with Crippen molar-refractivity contribution in [2.45, 2.75) is 33.7 Å². The lowest BCUT2D eigenvalue weighted by Crippen LogP contribution is -2.39. The fraction of sp³-hybridized carbons (Fsp3) is 0.308. The van der Waals surface area contributed by atoms with Crippen LogP contribution in [0.4, 0.5) is 16.2 Å². The lowest BCUT2D eigenvalue weighted by Gasteiger charge is -2.32. The highest BCUT2D eigenvalue weighted by Crippen LogP contribution is 2.35. The predicted molar refractivity (Wildman–Crippen MR) is 130 cm³/mol. The van der Waals surface area contributed by atoms with Crippen LogP contribution in [0.25, 0.3) is 11.1 Å².